The van der Waals surface area contributed by atoms with Crippen LogP contribution in [0.1, 0.15) is 78.1 Å². The Hall–Kier alpha value is 1.51. The average Bonchev–Trinajstić information content (AvgIpc) is 2.29. The van der Waals surface area contributed by atoms with Crippen molar-refractivity contribution in [1.82, 2.24) is 0 Å². The fourth-order valence-corrected chi connectivity index (χ4v) is 3.07. The first kappa shape index (κ1) is 23.8. The number of hydrogen-bond acceptors (Lipinski definition) is 4. The van der Waals surface area contributed by atoms with Gasteiger partial charge in [0, 0.05) is 5.25 Å². The zero-order valence-electron chi connectivity index (χ0n) is 13.3. The van der Waals surface area contributed by atoms with E-state index in [-0.39, 0.29) is 57.8 Å². The molecular weight excluding hydrogens is 303 g/mol. The van der Waals surface area contributed by atoms with E-state index in [4.69, 9.17) is 5.11 Å². The van der Waals surface area contributed by atoms with Gasteiger partial charge >= 0.3 is 51.4 Å². The number of aliphatic hydroxyl groups is 1. The Morgan fingerprint density at radius 2 is 1.45 bits per heavy atom. The Kier molecular flexibility index (Phi) is 16.8. The molecule has 20 heavy (non-hydrogen) atoms. The summed E-state index contributed by atoms with van der Waals surface area (Å²) in [7, 11) is -4.22. The average molecular weight is 333 g/mol. The van der Waals surface area contributed by atoms with Gasteiger partial charge in [0.1, 0.15) is 0 Å². The summed E-state index contributed by atoms with van der Waals surface area (Å²) in [5.74, 6) is 0. The van der Waals surface area contributed by atoms with E-state index < -0.39 is 21.5 Å². The molecule has 1 N–H and O–H groups in total. The van der Waals surface area contributed by atoms with E-state index in [1.165, 1.54) is 25.7 Å². The van der Waals surface area contributed by atoms with Gasteiger partial charge in [0.25, 0.3) is 0 Å². The molecule has 4 nitrogen and oxygen atoms in total. The summed E-state index contributed by atoms with van der Waals surface area (Å²) in [4.78, 5) is 0. The Morgan fingerprint density at radius 1 is 0.950 bits per heavy atom. The van der Waals surface area contributed by atoms with Gasteiger partial charge in [-0.1, -0.05) is 51.9 Å². The van der Waals surface area contributed by atoms with Gasteiger partial charge in [-0.15, -0.1) is 0 Å². The third-order valence-electron chi connectivity index (χ3n) is 3.44. The van der Waals surface area contributed by atoms with Crippen molar-refractivity contribution < 1.29 is 69.5 Å². The number of aliphatic hydroxyl groups excluding tert-OH is 1. The van der Waals surface area contributed by atoms with E-state index in [1.807, 2.05) is 0 Å². The summed E-state index contributed by atoms with van der Waals surface area (Å²) in [6.45, 7) is 3.79. The van der Waals surface area contributed by atoms with Crippen molar-refractivity contribution in [2.75, 3.05) is 0 Å². The van der Waals surface area contributed by atoms with Gasteiger partial charge in [0.2, 0.25) is 0 Å². The molecule has 0 aliphatic rings. The van der Waals surface area contributed by atoms with Crippen LogP contribution in [0.2, 0.25) is 0 Å². The van der Waals surface area contributed by atoms with Crippen molar-refractivity contribution in [2.45, 2.75) is 89.4 Å². The third kappa shape index (κ3) is 14.4. The molecule has 0 rings (SSSR count). The van der Waals surface area contributed by atoms with Gasteiger partial charge in [-0.05, 0) is 26.2 Å². The van der Waals surface area contributed by atoms with Crippen LogP contribution in [0.3, 0.4) is 0 Å². The molecule has 0 spiro atoms. The molecule has 0 fully saturated rings. The van der Waals surface area contributed by atoms with Crippen LogP contribution >= 0.6 is 0 Å². The zero-order valence-corrected chi connectivity index (χ0v) is 17.2. The predicted octanol–water partition coefficient (Wildman–Crippen LogP) is 0.206. The van der Waals surface area contributed by atoms with Crippen molar-refractivity contribution >= 4 is 10.1 Å². The fraction of sp³-hybridized carbons (Fsp3) is 1.00. The molecule has 2 atom stereocenters. The van der Waals surface area contributed by atoms with E-state index in [9.17, 15) is 13.0 Å². The molecule has 6 heteroatoms. The monoisotopic (exact) mass is 332 g/mol. The van der Waals surface area contributed by atoms with Gasteiger partial charge in [-0.2, -0.15) is 0 Å². The van der Waals surface area contributed by atoms with Crippen LogP contribution in [-0.4, -0.2) is 29.4 Å². The second-order valence-electron chi connectivity index (χ2n) is 5.45. The van der Waals surface area contributed by atoms with Gasteiger partial charge in [0.15, 0.2) is 0 Å². The maximum absolute atomic E-state index is 11.1. The molecule has 0 aromatic heterocycles. The topological polar surface area (TPSA) is 77.4 Å². The normalized spacial score (nSPS) is 14.6. The molecule has 0 aliphatic carbocycles. The molecule has 0 saturated heterocycles. The molecule has 0 saturated carbocycles. The Labute approximate surface area is 167 Å². The van der Waals surface area contributed by atoms with Gasteiger partial charge < -0.3 is 9.66 Å². The molecule has 0 heterocycles. The van der Waals surface area contributed by atoms with Crippen LogP contribution in [0.4, 0.5) is 0 Å². The minimum absolute atomic E-state index is 0. The van der Waals surface area contributed by atoms with Gasteiger partial charge in [-0.25, -0.2) is 8.42 Å². The van der Waals surface area contributed by atoms with Crippen LogP contribution in [-0.2, 0) is 10.1 Å². The quantitative estimate of drug-likeness (QED) is 0.315. The molecule has 116 valence electrons. The largest absolute Gasteiger partial charge is 1.00 e. The van der Waals surface area contributed by atoms with E-state index in [0.717, 1.165) is 19.3 Å². The first-order chi connectivity index (χ1) is 8.88. The Bertz CT molecular complexity index is 304. The van der Waals surface area contributed by atoms with Crippen LogP contribution in [0.5, 0.6) is 0 Å². The zero-order chi connectivity index (χ0) is 14.7. The molecule has 0 bridgehead atoms. The molecular formula is C14H29KO4S. The fourth-order valence-electron chi connectivity index (χ4n) is 2.19. The molecule has 0 aromatic rings. The summed E-state index contributed by atoms with van der Waals surface area (Å²) >= 11 is 0. The smallest absolute Gasteiger partial charge is 0.748 e. The molecule has 0 amide bonds. The van der Waals surface area contributed by atoms with E-state index in [0.29, 0.717) is 12.8 Å². The standard InChI is InChI=1S/C14H30O4S.K/c1-3-4-5-6-7-8-9-10-14(19(16,17)18)12-11-13(2)15;/h13-15H,3-12H2,1-2H3,(H,16,17,18);/q;+1/p-1. The maximum Gasteiger partial charge on any atom is 1.00 e. The minimum atomic E-state index is -4.22. The second kappa shape index (κ2) is 14.1. The van der Waals surface area contributed by atoms with Crippen LogP contribution in [0.15, 0.2) is 0 Å². The van der Waals surface area contributed by atoms with Crippen molar-refractivity contribution in [2.24, 2.45) is 0 Å². The van der Waals surface area contributed by atoms with Crippen LogP contribution < -0.4 is 51.4 Å². The predicted molar refractivity (Wildman–Crippen MR) is 77.0 cm³/mol. The van der Waals surface area contributed by atoms with Crippen molar-refractivity contribution in [3.05, 3.63) is 0 Å². The SMILES string of the molecule is CCCCCCCCCC(CCC(C)O)S(=O)(=O)[O-].[K+]. The summed E-state index contributed by atoms with van der Waals surface area (Å²) < 4.78 is 33.3. The summed E-state index contributed by atoms with van der Waals surface area (Å²) in [6.07, 6.45) is 8.34. The van der Waals surface area contributed by atoms with Crippen LogP contribution in [0.25, 0.3) is 0 Å². The molecule has 0 aliphatic heterocycles. The van der Waals surface area contributed by atoms with Gasteiger partial charge in [0.05, 0.1) is 16.2 Å². The molecule has 2 unspecified atom stereocenters. The summed E-state index contributed by atoms with van der Waals surface area (Å²) in [5, 5.41) is 8.34. The maximum atomic E-state index is 11.1. The first-order valence-electron chi connectivity index (χ1n) is 7.50. The minimum Gasteiger partial charge on any atom is -0.748 e. The van der Waals surface area contributed by atoms with Gasteiger partial charge in [-0.3, -0.25) is 0 Å². The van der Waals surface area contributed by atoms with Crippen molar-refractivity contribution in [1.29, 1.82) is 0 Å². The number of rotatable bonds is 12. The first-order valence-corrected chi connectivity index (χ1v) is 8.97. The van der Waals surface area contributed by atoms with Crippen LogP contribution in [0, 0.1) is 0 Å². The number of unbranched alkanes of at least 4 members (excludes halogenated alkanes) is 6. The Balaban J connectivity index is 0. The van der Waals surface area contributed by atoms with E-state index in [2.05, 4.69) is 6.92 Å². The molecule has 0 aromatic carbocycles. The van der Waals surface area contributed by atoms with Crippen molar-refractivity contribution in [3.63, 3.8) is 0 Å². The van der Waals surface area contributed by atoms with Crippen molar-refractivity contribution in [3.8, 4) is 0 Å². The van der Waals surface area contributed by atoms with E-state index in [1.54, 1.807) is 6.92 Å². The number of hydrogen-bond donors (Lipinski definition) is 1. The second-order valence-corrected chi connectivity index (χ2v) is 7.10. The summed E-state index contributed by atoms with van der Waals surface area (Å²) in [5.41, 5.74) is 0. The van der Waals surface area contributed by atoms with E-state index >= 15 is 0 Å². The third-order valence-corrected chi connectivity index (χ3v) is 4.73. The molecule has 0 radical (unpaired) electrons. The Morgan fingerprint density at radius 3 is 1.90 bits per heavy atom. The summed E-state index contributed by atoms with van der Waals surface area (Å²) in [6, 6.07) is 0.